The van der Waals surface area contributed by atoms with Crippen LogP contribution >= 0.6 is 0 Å². The molecule has 4 nitrogen and oxygen atoms in total. The van der Waals surface area contributed by atoms with Gasteiger partial charge in [-0.05, 0) is 0 Å². The van der Waals surface area contributed by atoms with Crippen LogP contribution in [-0.4, -0.2) is 82.6 Å². The second-order valence-electron chi connectivity index (χ2n) is 0.283. The topological polar surface area (TPSA) is 89.0 Å². The van der Waals surface area contributed by atoms with Gasteiger partial charge in [0.15, 0.2) is 0 Å². The van der Waals surface area contributed by atoms with Crippen molar-refractivity contribution in [3.63, 3.8) is 0 Å². The normalized spacial score (nSPS) is 3.43. The third-order valence-electron chi connectivity index (χ3n) is 0. The summed E-state index contributed by atoms with van der Waals surface area (Å²) in [6.07, 6.45) is -1.83. The van der Waals surface area contributed by atoms with Crippen LogP contribution < -0.4 is 0 Å². The van der Waals surface area contributed by atoms with E-state index < -0.39 is 6.16 Å². The Bertz CT molecular complexity index is 34.7. The summed E-state index contributed by atoms with van der Waals surface area (Å²) in [5.41, 5.74) is 0. The van der Waals surface area contributed by atoms with Crippen LogP contribution in [0.15, 0.2) is 0 Å². The molecule has 0 saturated carbocycles. The Balaban J connectivity index is -0.0000000150. The third-order valence-corrected chi connectivity index (χ3v) is 0. The molecule has 0 spiro atoms. The molecule has 7 heavy (non-hydrogen) atoms. The molecule has 6 heteroatoms. The maximum absolute atomic E-state index is 8.56. The van der Waals surface area contributed by atoms with Crippen molar-refractivity contribution in [3.05, 3.63) is 0 Å². The second kappa shape index (κ2) is 15.7. The van der Waals surface area contributed by atoms with Crippen molar-refractivity contribution in [2.75, 3.05) is 0 Å². The maximum Gasteiger partial charge on any atom is 0.316 e. The van der Waals surface area contributed by atoms with E-state index in [1.807, 2.05) is 0 Å². The molecule has 0 unspecified atom stereocenters. The molecule has 0 atom stereocenters. The van der Waals surface area contributed by atoms with Crippen LogP contribution in [0, 0.1) is 0 Å². The van der Waals surface area contributed by atoms with Crippen LogP contribution in [-0.2, 0) is 0 Å². The quantitative estimate of drug-likeness (QED) is 0.374. The molecule has 0 aromatic heterocycles. The molecular formula is CH8CaMgO4. The molecule has 0 amide bonds. The summed E-state index contributed by atoms with van der Waals surface area (Å²) in [7, 11) is 0. The van der Waals surface area contributed by atoms with E-state index in [0.717, 1.165) is 0 Å². The number of carboxylic acid groups (broad SMARTS) is 2. The monoisotopic (exact) mass is 148 g/mol. The van der Waals surface area contributed by atoms with E-state index >= 15 is 0 Å². The van der Waals surface area contributed by atoms with Crippen LogP contribution in [0.2, 0.25) is 0 Å². The van der Waals surface area contributed by atoms with Gasteiger partial charge in [0.25, 0.3) is 0 Å². The van der Waals surface area contributed by atoms with Crippen LogP contribution in [0.3, 0.4) is 0 Å². The van der Waals surface area contributed by atoms with E-state index in [-0.39, 0.29) is 66.3 Å². The fourth-order valence-corrected chi connectivity index (χ4v) is 0. The van der Waals surface area contributed by atoms with Crippen LogP contribution in [0.4, 0.5) is 4.79 Å². The zero-order valence-corrected chi connectivity index (χ0v) is 2.30. The van der Waals surface area contributed by atoms with E-state index in [4.69, 9.17) is 15.0 Å². The zero-order chi connectivity index (χ0) is 3.58. The molecular weight excluding hydrogens is 140 g/mol. The van der Waals surface area contributed by atoms with Gasteiger partial charge in [-0.2, -0.15) is 0 Å². The van der Waals surface area contributed by atoms with Crippen molar-refractivity contribution in [2.45, 2.75) is 0 Å². The second-order valence-corrected chi connectivity index (χ2v) is 0.283. The summed E-state index contributed by atoms with van der Waals surface area (Å²) in [6.45, 7) is 0. The van der Waals surface area contributed by atoms with Gasteiger partial charge >= 0.3 is 66.9 Å². The van der Waals surface area contributed by atoms with E-state index in [1.54, 1.807) is 0 Å². The number of hydrogen-bond acceptors (Lipinski definition) is 1. The average molecular weight is 148 g/mol. The third kappa shape index (κ3) is 127. The van der Waals surface area contributed by atoms with Crippen molar-refractivity contribution < 1.29 is 20.5 Å². The average Bonchev–Trinajstić information content (AvgIpc) is 0.811. The summed E-state index contributed by atoms with van der Waals surface area (Å²) >= 11 is 0. The summed E-state index contributed by atoms with van der Waals surface area (Å²) in [5, 5.41) is 13.9. The molecule has 0 aliphatic carbocycles. The molecule has 0 aliphatic heterocycles. The summed E-state index contributed by atoms with van der Waals surface area (Å²) < 4.78 is 0. The maximum atomic E-state index is 8.56. The van der Waals surface area contributed by atoms with Gasteiger partial charge in [-0.3, -0.25) is 0 Å². The molecule has 0 aliphatic rings. The van der Waals surface area contributed by atoms with Crippen LogP contribution in [0.25, 0.3) is 0 Å². The molecule has 40 valence electrons. The summed E-state index contributed by atoms with van der Waals surface area (Å²) in [5.74, 6) is 0. The zero-order valence-electron chi connectivity index (χ0n) is 2.30. The Kier molecular flexibility index (Phi) is 53.7. The summed E-state index contributed by atoms with van der Waals surface area (Å²) in [4.78, 5) is 8.56. The van der Waals surface area contributed by atoms with Crippen molar-refractivity contribution >= 4 is 66.9 Å². The van der Waals surface area contributed by atoms with E-state index in [0.29, 0.717) is 0 Å². The predicted octanol–water partition coefficient (Wildman–Crippen LogP) is -2.43. The van der Waals surface area contributed by atoms with Gasteiger partial charge in [-0.15, -0.1) is 0 Å². The first-order valence-corrected chi connectivity index (χ1v) is 0.651. The van der Waals surface area contributed by atoms with Gasteiger partial charge in [-0.1, -0.05) is 0 Å². The first-order chi connectivity index (χ1) is 1.73. The van der Waals surface area contributed by atoms with Gasteiger partial charge in [0, 0.05) is 0 Å². The van der Waals surface area contributed by atoms with Gasteiger partial charge in [0.1, 0.15) is 0 Å². The largest absolute Gasteiger partial charge is 0.316 e. The van der Waals surface area contributed by atoms with E-state index in [9.17, 15) is 0 Å². The fraction of sp³-hybridized carbons (Fsp3) is 0. The SMILES string of the molecule is O.O=C(O)O.[CaH2].[MgH2]. The van der Waals surface area contributed by atoms with Crippen molar-refractivity contribution in [1.82, 2.24) is 0 Å². The molecule has 0 aromatic carbocycles. The Morgan fingerprint density at radius 1 is 1.29 bits per heavy atom. The van der Waals surface area contributed by atoms with Gasteiger partial charge < -0.3 is 15.7 Å². The minimum atomic E-state index is -1.83. The van der Waals surface area contributed by atoms with Gasteiger partial charge in [-0.25, -0.2) is 4.79 Å². The first-order valence-electron chi connectivity index (χ1n) is 0.651. The Labute approximate surface area is 86.4 Å². The minimum Gasteiger partial charge on any atom is 0.316 e. The fourth-order valence-electron chi connectivity index (χ4n) is 0. The molecule has 0 saturated heterocycles. The minimum absolute atomic E-state index is 0. The number of rotatable bonds is 0. The predicted molar refractivity (Wildman–Crippen MR) is 31.4 cm³/mol. The van der Waals surface area contributed by atoms with E-state index in [2.05, 4.69) is 0 Å². The van der Waals surface area contributed by atoms with Crippen molar-refractivity contribution in [3.8, 4) is 0 Å². The van der Waals surface area contributed by atoms with Crippen LogP contribution in [0.1, 0.15) is 0 Å². The molecule has 0 fully saturated rings. The molecule has 0 aromatic rings. The standard InChI is InChI=1S/CH2O3.Ca.Mg.H2O.4H/c2-1(3)4;;;;;;;/h(H2,2,3,4);;;1H2;;;;. The first kappa shape index (κ1) is 24.0. The van der Waals surface area contributed by atoms with Gasteiger partial charge in [0.05, 0.1) is 0 Å². The number of hydrogen-bond donors (Lipinski definition) is 2. The van der Waals surface area contributed by atoms with Crippen molar-refractivity contribution in [2.24, 2.45) is 0 Å². The molecule has 0 rings (SSSR count). The smallest absolute Gasteiger partial charge is 0.316 e. The Hall–Kier alpha value is 1.26. The van der Waals surface area contributed by atoms with E-state index in [1.165, 1.54) is 0 Å². The van der Waals surface area contributed by atoms with Crippen LogP contribution in [0.5, 0.6) is 0 Å². The molecule has 0 heterocycles. The number of carbonyl (C=O) groups is 1. The van der Waals surface area contributed by atoms with Crippen molar-refractivity contribution in [1.29, 1.82) is 0 Å². The Morgan fingerprint density at radius 2 is 1.29 bits per heavy atom. The molecule has 4 N–H and O–H groups in total. The molecule has 0 radical (unpaired) electrons. The summed E-state index contributed by atoms with van der Waals surface area (Å²) in [6, 6.07) is 0. The Morgan fingerprint density at radius 3 is 1.29 bits per heavy atom. The van der Waals surface area contributed by atoms with Gasteiger partial charge in [0.2, 0.25) is 0 Å². The molecule has 0 bridgehead atoms.